The molecule has 0 radical (unpaired) electrons. The van der Waals surface area contributed by atoms with Crippen LogP contribution in [0.2, 0.25) is 0 Å². The lowest BCUT2D eigenvalue weighted by molar-refractivity contribution is -0.124. The minimum absolute atomic E-state index is 0.0986. The summed E-state index contributed by atoms with van der Waals surface area (Å²) in [6.07, 6.45) is -0.870. The maximum Gasteiger partial charge on any atom is 0.213 e. The molecule has 0 spiro atoms. The average Bonchev–Trinajstić information content (AvgIpc) is 2.73. The Labute approximate surface area is 134 Å². The highest BCUT2D eigenvalue weighted by Crippen LogP contribution is 2.31. The highest BCUT2D eigenvalue weighted by molar-refractivity contribution is 6.11. The van der Waals surface area contributed by atoms with Crippen molar-refractivity contribution in [2.75, 3.05) is 0 Å². The Bertz CT molecular complexity index is 804. The number of aliphatic hydroxyl groups is 1. The van der Waals surface area contributed by atoms with Crippen LogP contribution in [-0.4, -0.2) is 27.3 Å². The Kier molecular flexibility index (Phi) is 3.82. The van der Waals surface area contributed by atoms with Crippen LogP contribution in [0.3, 0.4) is 0 Å². The quantitative estimate of drug-likeness (QED) is 0.940. The number of benzene rings is 1. The van der Waals surface area contributed by atoms with Gasteiger partial charge in [0.2, 0.25) is 5.78 Å². The fraction of sp³-hybridized carbons (Fsp3) is 0.333. The van der Waals surface area contributed by atoms with Crippen LogP contribution in [0.1, 0.15) is 39.8 Å². The van der Waals surface area contributed by atoms with Crippen molar-refractivity contribution >= 4 is 11.6 Å². The number of fused-ring (bicyclic) bond motifs is 2. The molecule has 0 amide bonds. The van der Waals surface area contributed by atoms with Gasteiger partial charge in [-0.05, 0) is 37.6 Å². The van der Waals surface area contributed by atoms with E-state index in [4.69, 9.17) is 4.74 Å². The lowest BCUT2D eigenvalue weighted by Crippen LogP contribution is -2.21. The predicted molar refractivity (Wildman–Crippen MR) is 84.7 cm³/mol. The molecule has 5 nitrogen and oxygen atoms in total. The van der Waals surface area contributed by atoms with E-state index in [0.29, 0.717) is 23.6 Å². The largest absolute Gasteiger partial charge is 0.488 e. The van der Waals surface area contributed by atoms with E-state index in [9.17, 15) is 14.7 Å². The molecular weight excluding hydrogens is 294 g/mol. The summed E-state index contributed by atoms with van der Waals surface area (Å²) in [6.45, 7) is 3.60. The molecule has 1 atom stereocenters. The fourth-order valence-electron chi connectivity index (χ4n) is 2.89. The van der Waals surface area contributed by atoms with Crippen LogP contribution < -0.4 is 4.74 Å². The van der Waals surface area contributed by atoms with Crippen molar-refractivity contribution in [3.63, 3.8) is 0 Å². The van der Waals surface area contributed by atoms with Gasteiger partial charge in [-0.1, -0.05) is 6.07 Å². The zero-order valence-corrected chi connectivity index (χ0v) is 13.4. The predicted octanol–water partition coefficient (Wildman–Crippen LogP) is 1.95. The summed E-state index contributed by atoms with van der Waals surface area (Å²) in [5.41, 5.74) is 3.64. The van der Waals surface area contributed by atoms with Gasteiger partial charge in [0.05, 0.1) is 11.3 Å². The molecule has 0 bridgehead atoms. The van der Waals surface area contributed by atoms with Gasteiger partial charge >= 0.3 is 0 Å². The van der Waals surface area contributed by atoms with Gasteiger partial charge in [0.25, 0.3) is 0 Å². The summed E-state index contributed by atoms with van der Waals surface area (Å²) in [6, 6.07) is 7.35. The summed E-state index contributed by atoms with van der Waals surface area (Å²) < 4.78 is 7.54. The lowest BCUT2D eigenvalue weighted by Gasteiger charge is -2.11. The molecule has 1 N–H and O–H groups in total. The van der Waals surface area contributed by atoms with Crippen molar-refractivity contribution in [2.45, 2.75) is 33.0 Å². The second kappa shape index (κ2) is 5.66. The van der Waals surface area contributed by atoms with Gasteiger partial charge in [-0.2, -0.15) is 0 Å². The van der Waals surface area contributed by atoms with Crippen molar-refractivity contribution in [2.24, 2.45) is 7.05 Å². The lowest BCUT2D eigenvalue weighted by atomic mass is 10.0. The first-order valence-corrected chi connectivity index (χ1v) is 7.52. The molecule has 23 heavy (non-hydrogen) atoms. The first-order valence-electron chi connectivity index (χ1n) is 7.52. The average molecular weight is 313 g/mol. The first kappa shape index (κ1) is 15.5. The van der Waals surface area contributed by atoms with Crippen LogP contribution in [0.5, 0.6) is 5.75 Å². The van der Waals surface area contributed by atoms with E-state index in [2.05, 4.69) is 0 Å². The molecule has 1 aliphatic rings. The van der Waals surface area contributed by atoms with Crippen LogP contribution in [0.4, 0.5) is 0 Å². The zero-order valence-electron chi connectivity index (χ0n) is 13.4. The maximum atomic E-state index is 12.9. The monoisotopic (exact) mass is 313 g/mol. The van der Waals surface area contributed by atoms with Gasteiger partial charge in [-0.25, -0.2) is 0 Å². The molecule has 2 aromatic rings. The number of carbonyl (C=O) groups is 2. The number of ether oxygens (including phenoxy) is 1. The number of aliphatic hydroxyl groups excluding tert-OH is 1. The van der Waals surface area contributed by atoms with Crippen molar-refractivity contribution in [3.05, 3.63) is 52.3 Å². The third-order valence-electron chi connectivity index (χ3n) is 4.26. The molecular formula is C18H19NO4. The second-order valence-corrected chi connectivity index (χ2v) is 6.02. The zero-order chi connectivity index (χ0) is 16.7. The van der Waals surface area contributed by atoms with Gasteiger partial charge in [0, 0.05) is 24.7 Å². The van der Waals surface area contributed by atoms with Crippen molar-refractivity contribution < 1.29 is 19.4 Å². The molecule has 3 rings (SSSR count). The number of carbonyl (C=O) groups excluding carboxylic acids is 2. The Morgan fingerprint density at radius 2 is 2.13 bits per heavy atom. The topological polar surface area (TPSA) is 68.5 Å². The third-order valence-corrected chi connectivity index (χ3v) is 4.26. The molecule has 1 aromatic carbocycles. The van der Waals surface area contributed by atoms with E-state index in [1.165, 1.54) is 6.92 Å². The number of nitrogens with zero attached hydrogens (tertiary/aromatic N) is 1. The molecule has 5 heteroatoms. The van der Waals surface area contributed by atoms with E-state index in [-0.39, 0.29) is 18.0 Å². The van der Waals surface area contributed by atoms with Gasteiger partial charge < -0.3 is 14.4 Å². The minimum atomic E-state index is -1.06. The third kappa shape index (κ3) is 2.68. The molecule has 0 aliphatic carbocycles. The molecule has 1 aliphatic heterocycles. The van der Waals surface area contributed by atoms with Gasteiger partial charge in [0.1, 0.15) is 18.5 Å². The Hall–Kier alpha value is -2.40. The number of aryl methyl sites for hydroxylation is 1. The standard InChI is InChI=1S/C18H19NO4/c1-10-4-5-14-16(6-10)23-9-12-7-13(8-15(21)11(2)20)19(3)17(12)18(14)22/h4-7,15,21H,8-9H2,1-3H3. The summed E-state index contributed by atoms with van der Waals surface area (Å²) >= 11 is 0. The molecule has 0 saturated heterocycles. The van der Waals surface area contributed by atoms with Crippen molar-refractivity contribution in [1.29, 1.82) is 0 Å². The normalized spacial score (nSPS) is 14.5. The highest BCUT2D eigenvalue weighted by Gasteiger charge is 2.27. The Morgan fingerprint density at radius 3 is 2.83 bits per heavy atom. The van der Waals surface area contributed by atoms with Crippen LogP contribution in [0.25, 0.3) is 0 Å². The van der Waals surface area contributed by atoms with Crippen LogP contribution >= 0.6 is 0 Å². The summed E-state index contributed by atoms with van der Waals surface area (Å²) in [5, 5.41) is 9.80. The summed E-state index contributed by atoms with van der Waals surface area (Å²) in [4.78, 5) is 24.1. The number of Topliss-reactive ketones (excluding diaryl/α,β-unsaturated/α-hetero) is 1. The van der Waals surface area contributed by atoms with E-state index >= 15 is 0 Å². The minimum Gasteiger partial charge on any atom is -0.488 e. The Balaban J connectivity index is 2.03. The summed E-state index contributed by atoms with van der Waals surface area (Å²) in [7, 11) is 1.78. The van der Waals surface area contributed by atoms with E-state index in [0.717, 1.165) is 16.8 Å². The highest BCUT2D eigenvalue weighted by atomic mass is 16.5. The van der Waals surface area contributed by atoms with Crippen LogP contribution in [-0.2, 0) is 24.9 Å². The smallest absolute Gasteiger partial charge is 0.213 e. The first-order chi connectivity index (χ1) is 10.9. The molecule has 120 valence electrons. The van der Waals surface area contributed by atoms with Crippen LogP contribution in [0, 0.1) is 6.92 Å². The fourth-order valence-corrected chi connectivity index (χ4v) is 2.89. The van der Waals surface area contributed by atoms with Crippen molar-refractivity contribution in [1.82, 2.24) is 4.57 Å². The second-order valence-electron chi connectivity index (χ2n) is 6.02. The van der Waals surface area contributed by atoms with E-state index < -0.39 is 6.10 Å². The molecule has 0 fully saturated rings. The molecule has 1 aromatic heterocycles. The van der Waals surface area contributed by atoms with Gasteiger partial charge in [-0.15, -0.1) is 0 Å². The Morgan fingerprint density at radius 1 is 1.39 bits per heavy atom. The van der Waals surface area contributed by atoms with E-state index in [1.54, 1.807) is 17.7 Å². The molecule has 0 saturated carbocycles. The maximum absolute atomic E-state index is 12.9. The number of rotatable bonds is 3. The molecule has 1 unspecified atom stereocenters. The number of ketones is 2. The van der Waals surface area contributed by atoms with Crippen molar-refractivity contribution in [3.8, 4) is 5.75 Å². The number of aromatic nitrogens is 1. The van der Waals surface area contributed by atoms with Gasteiger partial charge in [0.15, 0.2) is 5.78 Å². The van der Waals surface area contributed by atoms with E-state index in [1.807, 2.05) is 25.1 Å². The summed E-state index contributed by atoms with van der Waals surface area (Å²) in [5.74, 6) is 0.208. The van der Waals surface area contributed by atoms with Gasteiger partial charge in [-0.3, -0.25) is 9.59 Å². The number of hydrogen-bond acceptors (Lipinski definition) is 4. The SMILES string of the molecule is CC(=O)C(O)Cc1cc2c(n1C)C(=O)c1ccc(C)cc1OC2. The number of hydrogen-bond donors (Lipinski definition) is 1. The van der Waals surface area contributed by atoms with Crippen LogP contribution in [0.15, 0.2) is 24.3 Å². The molecule has 2 heterocycles.